The fraction of sp³-hybridized carbons (Fsp3) is 0.111. The molecule has 0 unspecified atom stereocenters. The summed E-state index contributed by atoms with van der Waals surface area (Å²) in [5.41, 5.74) is 4.98. The Morgan fingerprint density at radius 2 is 1.73 bits per heavy atom. The van der Waals surface area contributed by atoms with Crippen LogP contribution < -0.4 is 9.98 Å². The second-order valence-electron chi connectivity index (χ2n) is 5.26. The Hall–Kier alpha value is -2.12. The van der Waals surface area contributed by atoms with E-state index in [4.69, 9.17) is 4.42 Å². The first-order valence-corrected chi connectivity index (χ1v) is 11.6. The molecule has 0 saturated heterocycles. The first kappa shape index (κ1) is 14.8. The summed E-state index contributed by atoms with van der Waals surface area (Å²) in [6, 6.07) is 16.3. The van der Waals surface area contributed by atoms with Crippen LogP contribution in [0.3, 0.4) is 0 Å². The van der Waals surface area contributed by atoms with E-state index in [0.717, 1.165) is 5.39 Å². The van der Waals surface area contributed by atoms with E-state index in [2.05, 4.69) is 17.5 Å². The number of benzene rings is 2. The zero-order valence-electron chi connectivity index (χ0n) is 12.4. The van der Waals surface area contributed by atoms with Crippen LogP contribution in [-0.2, 0) is 0 Å². The van der Waals surface area contributed by atoms with Crippen LogP contribution >= 0.6 is 0 Å². The normalized spacial score (nSPS) is 11.0. The molecule has 22 heavy (non-hydrogen) atoms. The summed E-state index contributed by atoms with van der Waals surface area (Å²) in [7, 11) is 0. The third-order valence-electron chi connectivity index (χ3n) is 3.52. The predicted octanol–water partition coefficient (Wildman–Crippen LogP) is 2.99. The Morgan fingerprint density at radius 3 is 2.41 bits per heavy atom. The monoisotopic (exact) mass is 354 g/mol. The Morgan fingerprint density at radius 1 is 1.00 bits per heavy atom. The average molecular weight is 354 g/mol. The number of hydrogen-bond acceptors (Lipinski definition) is 3. The molecular weight excluding hydrogens is 339 g/mol. The van der Waals surface area contributed by atoms with E-state index in [1.165, 1.54) is 4.35 Å². The quantitative estimate of drug-likeness (QED) is 0.413. The minimum absolute atomic E-state index is 0.0776. The van der Waals surface area contributed by atoms with Crippen molar-refractivity contribution in [2.24, 2.45) is 0 Å². The van der Waals surface area contributed by atoms with Crippen molar-refractivity contribution in [3.63, 3.8) is 0 Å². The number of ketones is 1. The number of hydrogen-bond donors (Lipinski definition) is 0. The van der Waals surface area contributed by atoms with Gasteiger partial charge in [-0.3, -0.25) is 0 Å². The van der Waals surface area contributed by atoms with Crippen LogP contribution in [0.1, 0.15) is 15.9 Å². The van der Waals surface area contributed by atoms with Crippen LogP contribution in [0, 0.1) is 0 Å². The number of carbonyl (C=O) groups is 1. The van der Waals surface area contributed by atoms with E-state index < -0.39 is 20.3 Å². The maximum absolute atomic E-state index is 12.4. The molecule has 0 saturated carbocycles. The van der Waals surface area contributed by atoms with Gasteiger partial charge in [0, 0.05) is 0 Å². The van der Waals surface area contributed by atoms with Gasteiger partial charge < -0.3 is 0 Å². The Bertz CT molecular complexity index is 895. The molecule has 0 amide bonds. The fourth-order valence-corrected chi connectivity index (χ4v) is 3.85. The number of rotatable bonds is 3. The van der Waals surface area contributed by atoms with Crippen molar-refractivity contribution in [2.45, 2.75) is 11.4 Å². The van der Waals surface area contributed by atoms with Crippen molar-refractivity contribution < 1.29 is 9.21 Å². The van der Waals surface area contributed by atoms with Gasteiger partial charge in [0.15, 0.2) is 0 Å². The van der Waals surface area contributed by atoms with Crippen molar-refractivity contribution in [3.8, 4) is 0 Å². The molecular formula is C18H15AsO3. The summed E-state index contributed by atoms with van der Waals surface area (Å²) in [5.74, 6) is -0.306. The van der Waals surface area contributed by atoms with Gasteiger partial charge in [0.05, 0.1) is 0 Å². The molecule has 1 heterocycles. The molecule has 0 fully saturated rings. The van der Waals surface area contributed by atoms with Crippen molar-refractivity contribution >= 4 is 35.8 Å². The van der Waals surface area contributed by atoms with Gasteiger partial charge in [0.2, 0.25) is 0 Å². The molecule has 0 aliphatic rings. The second kappa shape index (κ2) is 5.94. The van der Waals surface area contributed by atoms with Crippen LogP contribution in [0.25, 0.3) is 11.0 Å². The van der Waals surface area contributed by atoms with Gasteiger partial charge >= 0.3 is 133 Å². The zero-order chi connectivity index (χ0) is 15.7. The molecule has 0 aliphatic heterocycles. The van der Waals surface area contributed by atoms with Gasteiger partial charge in [-0.1, -0.05) is 0 Å². The van der Waals surface area contributed by atoms with E-state index >= 15 is 0 Å². The molecule has 4 heteroatoms. The third kappa shape index (κ3) is 2.77. The molecule has 3 nitrogen and oxygen atoms in total. The Balaban J connectivity index is 2.12. The van der Waals surface area contributed by atoms with E-state index in [0.29, 0.717) is 11.1 Å². The summed E-state index contributed by atoms with van der Waals surface area (Å²) >= 11 is -1.03. The zero-order valence-corrected chi connectivity index (χ0v) is 14.2. The Labute approximate surface area is 132 Å². The van der Waals surface area contributed by atoms with Crippen LogP contribution in [0.4, 0.5) is 0 Å². The second-order valence-corrected chi connectivity index (χ2v) is 10.1. The first-order valence-electron chi connectivity index (χ1n) is 6.91. The van der Waals surface area contributed by atoms with E-state index in [9.17, 15) is 9.59 Å². The van der Waals surface area contributed by atoms with Gasteiger partial charge in [-0.15, -0.1) is 0 Å². The van der Waals surface area contributed by atoms with E-state index in [1.807, 2.05) is 18.2 Å². The first-order chi connectivity index (χ1) is 10.6. The van der Waals surface area contributed by atoms with Crippen LogP contribution in [0.15, 0.2) is 63.8 Å². The Kier molecular flexibility index (Phi) is 3.99. The maximum atomic E-state index is 12.4. The van der Waals surface area contributed by atoms with Crippen molar-refractivity contribution in [2.75, 3.05) is 0 Å². The van der Waals surface area contributed by atoms with E-state index in [1.54, 1.807) is 30.3 Å². The summed E-state index contributed by atoms with van der Waals surface area (Å²) in [6.45, 7) is 0. The van der Waals surface area contributed by atoms with Gasteiger partial charge in [0.1, 0.15) is 0 Å². The van der Waals surface area contributed by atoms with Crippen molar-refractivity contribution in [1.29, 1.82) is 0 Å². The van der Waals surface area contributed by atoms with Gasteiger partial charge in [-0.05, 0) is 0 Å². The van der Waals surface area contributed by atoms with Gasteiger partial charge in [-0.2, -0.15) is 0 Å². The topological polar surface area (TPSA) is 47.3 Å². The molecule has 0 bridgehead atoms. The van der Waals surface area contributed by atoms with Crippen LogP contribution in [-0.4, -0.2) is 20.4 Å². The van der Waals surface area contributed by atoms with Crippen LogP contribution in [0.5, 0.6) is 0 Å². The number of fused-ring (bicyclic) bond motifs is 1. The van der Waals surface area contributed by atoms with Gasteiger partial charge in [0.25, 0.3) is 0 Å². The molecule has 0 radical (unpaired) electrons. The minimum atomic E-state index is -1.03. The summed E-state index contributed by atoms with van der Waals surface area (Å²) < 4.78 is 6.61. The molecule has 0 atom stereocenters. The third-order valence-corrected chi connectivity index (χ3v) is 6.27. The molecule has 3 rings (SSSR count). The SMILES string of the molecule is C[As](C)c1ccc2cc(C(=O)c3ccccc3)c(=O)oc2c1. The molecule has 0 aliphatic carbocycles. The van der Waals surface area contributed by atoms with Gasteiger partial charge in [-0.25, -0.2) is 0 Å². The summed E-state index contributed by atoms with van der Waals surface area (Å²) in [6.07, 6.45) is 0. The van der Waals surface area contributed by atoms with Crippen molar-refractivity contribution in [3.05, 3.63) is 76.1 Å². The molecule has 0 N–H and O–H groups in total. The molecule has 1 aromatic heterocycles. The predicted molar refractivity (Wildman–Crippen MR) is 89.5 cm³/mol. The average Bonchev–Trinajstić information content (AvgIpc) is 2.53. The van der Waals surface area contributed by atoms with E-state index in [-0.39, 0.29) is 11.3 Å². The molecule has 2 aromatic carbocycles. The number of carbonyl (C=O) groups excluding carboxylic acids is 1. The van der Waals surface area contributed by atoms with Crippen LogP contribution in [0.2, 0.25) is 11.4 Å². The molecule has 110 valence electrons. The standard InChI is InChI=1S/C18H15AsO3/c1-19(2)14-9-8-13-10-15(18(21)22-16(13)11-14)17(20)12-6-4-3-5-7-12/h3-11H,1-2H3. The fourth-order valence-electron chi connectivity index (χ4n) is 2.28. The molecule has 0 spiro atoms. The summed E-state index contributed by atoms with van der Waals surface area (Å²) in [4.78, 5) is 24.6. The summed E-state index contributed by atoms with van der Waals surface area (Å²) in [5, 5.41) is 0.776. The van der Waals surface area contributed by atoms with Crippen molar-refractivity contribution in [1.82, 2.24) is 0 Å². The molecule has 3 aromatic rings.